The van der Waals surface area contributed by atoms with E-state index in [1.807, 2.05) is 0 Å². The highest BCUT2D eigenvalue weighted by Crippen LogP contribution is 2.30. The Bertz CT molecular complexity index is 798. The van der Waals surface area contributed by atoms with Crippen LogP contribution in [0.15, 0.2) is 6.07 Å². The van der Waals surface area contributed by atoms with Crippen molar-refractivity contribution in [1.82, 2.24) is 0 Å². The Labute approximate surface area is 322 Å². The van der Waals surface area contributed by atoms with E-state index in [2.05, 4.69) is 68.6 Å². The van der Waals surface area contributed by atoms with E-state index in [4.69, 9.17) is 0 Å². The molecule has 0 bridgehead atoms. The van der Waals surface area contributed by atoms with Crippen molar-refractivity contribution >= 4 is 0 Å². The first-order chi connectivity index (χ1) is 22.6. The van der Waals surface area contributed by atoms with Crippen LogP contribution in [0.5, 0.6) is 0 Å². The largest absolute Gasteiger partial charge is 1.00 e. The second-order valence-corrected chi connectivity index (χ2v) is 16.6. The summed E-state index contributed by atoms with van der Waals surface area (Å²) < 4.78 is 2.46. The Morgan fingerprint density at radius 2 is 0.592 bits per heavy atom. The van der Waals surface area contributed by atoms with Crippen LogP contribution in [-0.2, 0) is 13.1 Å². The number of hydrogen-bond acceptors (Lipinski definition) is 0. The molecule has 0 N–H and O–H groups in total. The number of rotatable bonds is 32. The van der Waals surface area contributed by atoms with Crippen molar-refractivity contribution in [3.63, 3.8) is 0 Å². The Hall–Kier alpha value is -0.280. The van der Waals surface area contributed by atoms with Crippen LogP contribution >= 0.6 is 0 Å². The highest BCUT2D eigenvalue weighted by atomic mass is 35.5. The maximum Gasteiger partial charge on any atom is 0.105 e. The number of unbranched alkanes of at least 4 members (excludes halogenated alkanes) is 20. The Morgan fingerprint density at radius 1 is 0.367 bits per heavy atom. The molecule has 0 saturated carbocycles. The van der Waals surface area contributed by atoms with E-state index in [9.17, 15) is 0 Å². The quantitative estimate of drug-likeness (QED) is 0.0523. The zero-order valence-electron chi connectivity index (χ0n) is 34.9. The van der Waals surface area contributed by atoms with Crippen molar-refractivity contribution < 1.29 is 33.8 Å². The first-order valence-corrected chi connectivity index (χ1v) is 21.4. The van der Waals surface area contributed by atoms with Crippen LogP contribution in [-0.4, -0.2) is 49.2 Å². The van der Waals surface area contributed by atoms with Gasteiger partial charge < -0.3 is 33.8 Å². The normalized spacial score (nSPS) is 11.9. The maximum atomic E-state index is 2.60. The van der Waals surface area contributed by atoms with Gasteiger partial charge in [-0.3, -0.25) is 0 Å². The molecule has 0 aliphatic heterocycles. The molecule has 2 nitrogen and oxygen atoms in total. The number of aryl methyl sites for hydroxylation is 2. The van der Waals surface area contributed by atoms with E-state index < -0.39 is 0 Å². The van der Waals surface area contributed by atoms with Crippen LogP contribution in [0.2, 0.25) is 0 Å². The van der Waals surface area contributed by atoms with E-state index in [1.165, 1.54) is 202 Å². The van der Waals surface area contributed by atoms with E-state index >= 15 is 0 Å². The molecule has 1 aromatic carbocycles. The van der Waals surface area contributed by atoms with Gasteiger partial charge in [-0.15, -0.1) is 0 Å². The fourth-order valence-electron chi connectivity index (χ4n) is 8.16. The van der Waals surface area contributed by atoms with Crippen LogP contribution in [0, 0.1) is 20.8 Å². The SMILES string of the molecule is CCCCCCCC[N+](C)(CCCCCCCC)Cc1c(C)cc(C)c(C[N+](C)(CCCCCCCC)CCCCCCCC)c1C.[Cl-].[Cl-]. The van der Waals surface area contributed by atoms with Crippen molar-refractivity contribution in [2.24, 2.45) is 0 Å². The third kappa shape index (κ3) is 23.1. The van der Waals surface area contributed by atoms with Crippen molar-refractivity contribution in [3.05, 3.63) is 33.9 Å². The number of nitrogens with zero attached hydrogens (tertiary/aromatic N) is 2. The number of halogens is 2. The van der Waals surface area contributed by atoms with Gasteiger partial charge >= 0.3 is 0 Å². The lowest BCUT2D eigenvalue weighted by molar-refractivity contribution is -0.923. The molecule has 292 valence electrons. The van der Waals surface area contributed by atoms with Crippen LogP contribution in [0.25, 0.3) is 0 Å². The summed E-state index contributed by atoms with van der Waals surface area (Å²) in [7, 11) is 5.21. The van der Waals surface area contributed by atoms with Gasteiger partial charge in [0.1, 0.15) is 13.1 Å². The summed E-state index contributed by atoms with van der Waals surface area (Å²) in [6, 6.07) is 2.57. The predicted octanol–water partition coefficient (Wildman–Crippen LogP) is 7.96. The van der Waals surface area contributed by atoms with E-state index in [0.29, 0.717) is 0 Å². The van der Waals surface area contributed by atoms with Crippen LogP contribution in [0.4, 0.5) is 0 Å². The third-order valence-corrected chi connectivity index (χ3v) is 11.6. The van der Waals surface area contributed by atoms with E-state index in [-0.39, 0.29) is 24.8 Å². The summed E-state index contributed by atoms with van der Waals surface area (Å²) in [4.78, 5) is 0. The first-order valence-electron chi connectivity index (χ1n) is 21.4. The summed E-state index contributed by atoms with van der Waals surface area (Å²) in [6.45, 7) is 24.5. The molecule has 1 rings (SSSR count). The van der Waals surface area contributed by atoms with Gasteiger partial charge in [-0.05, 0) is 88.8 Å². The summed E-state index contributed by atoms with van der Waals surface area (Å²) in [6.07, 6.45) is 33.6. The summed E-state index contributed by atoms with van der Waals surface area (Å²) in [5, 5.41) is 0. The number of quaternary nitrogens is 2. The maximum absolute atomic E-state index is 2.60. The average Bonchev–Trinajstić information content (AvgIpc) is 3.04. The molecule has 0 heterocycles. The highest BCUT2D eigenvalue weighted by Gasteiger charge is 2.28. The molecule has 0 unspecified atom stereocenters. The fourth-order valence-corrected chi connectivity index (χ4v) is 8.16. The van der Waals surface area contributed by atoms with Crippen LogP contribution in [0.1, 0.15) is 210 Å². The molecule has 0 aliphatic carbocycles. The van der Waals surface area contributed by atoms with Gasteiger partial charge in [0.25, 0.3) is 0 Å². The minimum absolute atomic E-state index is 0. The second kappa shape index (κ2) is 31.3. The fraction of sp³-hybridized carbons (Fsp3) is 0.867. The second-order valence-electron chi connectivity index (χ2n) is 16.6. The van der Waals surface area contributed by atoms with Gasteiger partial charge in [0, 0.05) is 11.1 Å². The molecule has 0 amide bonds. The summed E-state index contributed by atoms with van der Waals surface area (Å²) in [5.41, 5.74) is 8.07. The highest BCUT2D eigenvalue weighted by molar-refractivity contribution is 5.44. The van der Waals surface area contributed by atoms with Crippen molar-refractivity contribution in [2.45, 2.75) is 216 Å². The molecule has 1 aromatic rings. The number of benzene rings is 1. The summed E-state index contributed by atoms with van der Waals surface area (Å²) in [5.74, 6) is 0. The van der Waals surface area contributed by atoms with Crippen molar-refractivity contribution in [2.75, 3.05) is 40.3 Å². The Morgan fingerprint density at radius 3 is 0.837 bits per heavy atom. The van der Waals surface area contributed by atoms with Gasteiger partial charge in [0.2, 0.25) is 0 Å². The topological polar surface area (TPSA) is 0 Å². The molecule has 0 fully saturated rings. The average molecular weight is 728 g/mol. The van der Waals surface area contributed by atoms with Gasteiger partial charge in [-0.25, -0.2) is 0 Å². The van der Waals surface area contributed by atoms with E-state index in [0.717, 1.165) is 0 Å². The molecular weight excluding hydrogens is 639 g/mol. The smallest absolute Gasteiger partial charge is 0.105 e. The number of hydrogen-bond donors (Lipinski definition) is 0. The third-order valence-electron chi connectivity index (χ3n) is 11.6. The van der Waals surface area contributed by atoms with Gasteiger partial charge in [-0.1, -0.05) is 136 Å². The standard InChI is InChI=1S/C45H88N2.2ClH/c1-10-14-18-22-26-30-34-46(8,35-31-27-23-19-15-11-2)39-44-41(5)38-42(6)45(43(44)7)40-47(9,36-32-28-24-20-16-12-3)37-33-29-25-21-17-13-4;;/h38H,10-37,39-40H2,1-9H3;2*1H/q+2;;/p-2. The zero-order chi connectivity index (χ0) is 34.8. The molecule has 0 aliphatic rings. The van der Waals surface area contributed by atoms with Gasteiger partial charge in [-0.2, -0.15) is 0 Å². The molecule has 49 heavy (non-hydrogen) atoms. The zero-order valence-corrected chi connectivity index (χ0v) is 36.5. The van der Waals surface area contributed by atoms with Gasteiger partial charge in [0.05, 0.1) is 40.3 Å². The van der Waals surface area contributed by atoms with Gasteiger partial charge in [0.15, 0.2) is 0 Å². The van der Waals surface area contributed by atoms with Crippen LogP contribution < -0.4 is 24.8 Å². The molecule has 4 heteroatoms. The lowest BCUT2D eigenvalue weighted by Gasteiger charge is -2.38. The van der Waals surface area contributed by atoms with Crippen molar-refractivity contribution in [1.29, 1.82) is 0 Å². The minimum atomic E-state index is 0. The predicted molar refractivity (Wildman–Crippen MR) is 213 cm³/mol. The lowest BCUT2D eigenvalue weighted by Crippen LogP contribution is -3.00. The Kier molecular flexibility index (Phi) is 32.4. The molecular formula is C45H88Cl2N2. The Balaban J connectivity index is 0. The minimum Gasteiger partial charge on any atom is -1.00 e. The molecule has 0 saturated heterocycles. The first kappa shape index (κ1) is 50.8. The van der Waals surface area contributed by atoms with Crippen molar-refractivity contribution in [3.8, 4) is 0 Å². The summed E-state index contributed by atoms with van der Waals surface area (Å²) >= 11 is 0. The lowest BCUT2D eigenvalue weighted by atomic mass is 9.91. The van der Waals surface area contributed by atoms with E-state index in [1.54, 1.807) is 27.8 Å². The molecule has 0 atom stereocenters. The van der Waals surface area contributed by atoms with Crippen LogP contribution in [0.3, 0.4) is 0 Å². The monoisotopic (exact) mass is 727 g/mol. The molecule has 0 radical (unpaired) electrons. The molecule has 0 aromatic heterocycles. The molecule has 0 spiro atoms.